The van der Waals surface area contributed by atoms with Gasteiger partial charge in [0, 0.05) is 37.0 Å². The Morgan fingerprint density at radius 2 is 1.94 bits per heavy atom. The van der Waals surface area contributed by atoms with Crippen molar-refractivity contribution in [1.29, 1.82) is 5.26 Å². The lowest BCUT2D eigenvalue weighted by Crippen LogP contribution is -2.40. The molecule has 1 saturated carbocycles. The van der Waals surface area contributed by atoms with Crippen molar-refractivity contribution in [2.24, 2.45) is 11.8 Å². The van der Waals surface area contributed by atoms with Crippen molar-refractivity contribution >= 4 is 32.6 Å². The molecule has 9 heteroatoms. The van der Waals surface area contributed by atoms with Crippen LogP contribution in [0.15, 0.2) is 24.3 Å². The summed E-state index contributed by atoms with van der Waals surface area (Å²) in [5, 5.41) is 10.0. The van der Waals surface area contributed by atoms with Crippen LogP contribution in [-0.2, 0) is 14.6 Å². The van der Waals surface area contributed by atoms with Crippen molar-refractivity contribution in [3.63, 3.8) is 0 Å². The number of thiazole rings is 1. The molecular formula is C25H30FN3O3S2. The van der Waals surface area contributed by atoms with Gasteiger partial charge in [-0.15, -0.1) is 11.3 Å². The van der Waals surface area contributed by atoms with Gasteiger partial charge in [0.05, 0.1) is 39.1 Å². The van der Waals surface area contributed by atoms with Crippen LogP contribution in [-0.4, -0.2) is 50.0 Å². The number of ketones is 1. The van der Waals surface area contributed by atoms with E-state index in [0.29, 0.717) is 25.9 Å². The molecule has 1 saturated heterocycles. The minimum absolute atomic E-state index is 0.0478. The molecule has 6 nitrogen and oxygen atoms in total. The van der Waals surface area contributed by atoms with E-state index in [0.717, 1.165) is 26.8 Å². The van der Waals surface area contributed by atoms with Crippen molar-refractivity contribution < 1.29 is 17.6 Å². The summed E-state index contributed by atoms with van der Waals surface area (Å²) in [5.41, 5.74) is 2.83. The molecule has 4 rings (SSSR count). The number of Topliss-reactive ketones (excluding diaryl/α,β-unsaturated/α-hetero) is 1. The van der Waals surface area contributed by atoms with Crippen LogP contribution < -0.4 is 4.90 Å². The molecule has 0 bridgehead atoms. The first-order valence-corrected chi connectivity index (χ1v) is 14.4. The van der Waals surface area contributed by atoms with Gasteiger partial charge in [0.15, 0.2) is 9.84 Å². The molecule has 1 aromatic heterocycles. The summed E-state index contributed by atoms with van der Waals surface area (Å²) in [5.74, 6) is -0.712. The number of rotatable bonds is 6. The molecule has 1 aromatic carbocycles. The number of hydrogen-bond donors (Lipinski definition) is 0. The van der Waals surface area contributed by atoms with Crippen molar-refractivity contribution in [3.8, 4) is 16.5 Å². The van der Waals surface area contributed by atoms with Gasteiger partial charge in [0.1, 0.15) is 12.0 Å². The zero-order valence-electron chi connectivity index (χ0n) is 19.5. The van der Waals surface area contributed by atoms with E-state index in [1.807, 2.05) is 31.2 Å². The van der Waals surface area contributed by atoms with Gasteiger partial charge in [-0.05, 0) is 50.8 Å². The number of aromatic nitrogens is 1. The Balaban J connectivity index is 1.59. The Hall–Kier alpha value is -2.31. The van der Waals surface area contributed by atoms with E-state index in [1.54, 1.807) is 18.3 Å². The fourth-order valence-corrected chi connectivity index (χ4v) is 7.19. The Bertz CT molecular complexity index is 1170. The maximum atomic E-state index is 14.3. The fraction of sp³-hybridized carbons (Fsp3) is 0.560. The number of carbonyl (C=O) groups is 1. The largest absolute Gasteiger partial charge is 0.369 e. The molecule has 1 aliphatic heterocycles. The molecule has 0 radical (unpaired) electrons. The number of nitrogens with zero attached hydrogens (tertiary/aromatic N) is 3. The van der Waals surface area contributed by atoms with E-state index < -0.39 is 21.9 Å². The van der Waals surface area contributed by atoms with E-state index in [-0.39, 0.29) is 42.0 Å². The molecule has 1 aliphatic carbocycles. The second kappa shape index (κ2) is 10.1. The monoisotopic (exact) mass is 503 g/mol. The average Bonchev–Trinajstić information content (AvgIpc) is 3.20. The number of sulfone groups is 1. The van der Waals surface area contributed by atoms with Gasteiger partial charge >= 0.3 is 0 Å². The van der Waals surface area contributed by atoms with Crippen LogP contribution in [0.25, 0.3) is 10.4 Å². The predicted molar refractivity (Wildman–Crippen MR) is 133 cm³/mol. The van der Waals surface area contributed by atoms with Crippen LogP contribution >= 0.6 is 11.3 Å². The third kappa shape index (κ3) is 5.49. The molecule has 4 atom stereocenters. The SMILES string of the molecule is Cc1nc([C@@H]2CC[C@H](F)C[C@H]2C(=O)C[C@@H](C)C#N)c(-c2ccc(N3CCS(=O)(=O)CC3)cc2)s1. The van der Waals surface area contributed by atoms with Crippen molar-refractivity contribution in [2.75, 3.05) is 29.5 Å². The lowest BCUT2D eigenvalue weighted by atomic mass is 9.72. The molecule has 0 spiro atoms. The van der Waals surface area contributed by atoms with Crippen LogP contribution in [0.5, 0.6) is 0 Å². The summed E-state index contributed by atoms with van der Waals surface area (Å²) in [6, 6.07) is 10.2. The molecule has 2 fully saturated rings. The van der Waals surface area contributed by atoms with Gasteiger partial charge in [-0.25, -0.2) is 17.8 Å². The van der Waals surface area contributed by atoms with Gasteiger partial charge in [-0.1, -0.05) is 12.1 Å². The number of benzene rings is 1. The maximum absolute atomic E-state index is 14.3. The third-order valence-corrected chi connectivity index (χ3v) is 9.52. The summed E-state index contributed by atoms with van der Waals surface area (Å²) in [6.07, 6.45) is 0.306. The summed E-state index contributed by atoms with van der Waals surface area (Å²) in [7, 11) is -2.94. The van der Waals surface area contributed by atoms with E-state index in [2.05, 4.69) is 11.0 Å². The topological polar surface area (TPSA) is 91.1 Å². The lowest BCUT2D eigenvalue weighted by Gasteiger charge is -2.32. The van der Waals surface area contributed by atoms with E-state index in [1.165, 1.54) is 0 Å². The minimum Gasteiger partial charge on any atom is -0.369 e. The van der Waals surface area contributed by atoms with Gasteiger partial charge in [-0.2, -0.15) is 5.26 Å². The molecule has 2 heterocycles. The first kappa shape index (κ1) is 24.8. The second-order valence-corrected chi connectivity index (χ2v) is 13.0. The molecular weight excluding hydrogens is 473 g/mol. The normalized spacial score (nSPS) is 25.5. The zero-order chi connectivity index (χ0) is 24.5. The predicted octanol–water partition coefficient (Wildman–Crippen LogP) is 4.69. The average molecular weight is 504 g/mol. The smallest absolute Gasteiger partial charge is 0.153 e. The lowest BCUT2D eigenvalue weighted by molar-refractivity contribution is -0.125. The third-order valence-electron chi connectivity index (χ3n) is 6.88. The highest BCUT2D eigenvalue weighted by atomic mass is 32.2. The number of halogens is 1. The van der Waals surface area contributed by atoms with Crippen LogP contribution in [0.3, 0.4) is 0 Å². The summed E-state index contributed by atoms with van der Waals surface area (Å²) < 4.78 is 37.8. The quantitative estimate of drug-likeness (QED) is 0.568. The highest BCUT2D eigenvalue weighted by Gasteiger charge is 2.39. The molecule has 0 unspecified atom stereocenters. The van der Waals surface area contributed by atoms with Crippen molar-refractivity contribution in [3.05, 3.63) is 35.0 Å². The van der Waals surface area contributed by atoms with Gasteiger partial charge < -0.3 is 4.90 Å². The van der Waals surface area contributed by atoms with Crippen molar-refractivity contribution in [2.45, 2.75) is 51.6 Å². The molecule has 0 N–H and O–H groups in total. The molecule has 0 amide bonds. The Kier molecular flexibility index (Phi) is 7.39. The van der Waals surface area contributed by atoms with Crippen LogP contribution in [0.2, 0.25) is 0 Å². The maximum Gasteiger partial charge on any atom is 0.153 e. The summed E-state index contributed by atoms with van der Waals surface area (Å²) in [6.45, 7) is 4.64. The number of hydrogen-bond acceptors (Lipinski definition) is 7. The molecule has 182 valence electrons. The Labute approximate surface area is 204 Å². The standard InChI is InChI=1S/C25H30FN3O3S2/c1-16(15-27)13-23(30)22-14-19(26)5-8-21(22)24-25(33-17(2)28-24)18-3-6-20(7-4-18)29-9-11-34(31,32)12-10-29/h3-4,6-7,16,19,21-22H,5,8-14H2,1-2H3/t16-,19+,21-,22-/m1/s1. The van der Waals surface area contributed by atoms with E-state index in [4.69, 9.17) is 10.2 Å². The van der Waals surface area contributed by atoms with Crippen LogP contribution in [0.4, 0.5) is 10.1 Å². The summed E-state index contributed by atoms with van der Waals surface area (Å²) >= 11 is 1.57. The number of carbonyl (C=O) groups excluding carboxylic acids is 1. The number of alkyl halides is 1. The highest BCUT2D eigenvalue weighted by Crippen LogP contribution is 2.45. The van der Waals surface area contributed by atoms with E-state index >= 15 is 0 Å². The zero-order valence-corrected chi connectivity index (χ0v) is 21.2. The van der Waals surface area contributed by atoms with E-state index in [9.17, 15) is 17.6 Å². The molecule has 2 aromatic rings. The summed E-state index contributed by atoms with van der Waals surface area (Å²) in [4.78, 5) is 20.9. The fourth-order valence-electron chi connectivity index (χ4n) is 5.00. The number of aryl methyl sites for hydroxylation is 1. The highest BCUT2D eigenvalue weighted by molar-refractivity contribution is 7.91. The first-order valence-electron chi connectivity index (χ1n) is 11.8. The first-order chi connectivity index (χ1) is 16.2. The Morgan fingerprint density at radius 3 is 2.59 bits per heavy atom. The molecule has 2 aliphatic rings. The number of anilines is 1. The van der Waals surface area contributed by atoms with Crippen LogP contribution in [0, 0.1) is 30.1 Å². The van der Waals surface area contributed by atoms with Crippen LogP contribution in [0.1, 0.15) is 49.2 Å². The minimum atomic E-state index is -2.94. The molecule has 34 heavy (non-hydrogen) atoms. The Morgan fingerprint density at radius 1 is 1.26 bits per heavy atom. The van der Waals surface area contributed by atoms with Crippen molar-refractivity contribution in [1.82, 2.24) is 4.98 Å². The van der Waals surface area contributed by atoms with Gasteiger partial charge in [-0.3, -0.25) is 4.79 Å². The van der Waals surface area contributed by atoms with Gasteiger partial charge in [0.2, 0.25) is 0 Å². The number of nitriles is 1. The second-order valence-electron chi connectivity index (χ2n) is 9.46. The van der Waals surface area contributed by atoms with Gasteiger partial charge in [0.25, 0.3) is 0 Å².